The Kier molecular flexibility index (Phi) is 2.77. The summed E-state index contributed by atoms with van der Waals surface area (Å²) in [6.45, 7) is 2.10. The molecule has 2 aromatic rings. The predicted molar refractivity (Wildman–Crippen MR) is 62.1 cm³/mol. The molecule has 78 valence electrons. The normalized spacial score (nSPS) is 11.3. The average molecular weight is 202 g/mol. The van der Waals surface area contributed by atoms with Crippen LogP contribution in [0.25, 0.3) is 17.0 Å². The molecule has 2 nitrogen and oxygen atoms in total. The van der Waals surface area contributed by atoms with E-state index in [0.717, 1.165) is 28.9 Å². The predicted octanol–water partition coefficient (Wildman–Crippen LogP) is 3.86. The van der Waals surface area contributed by atoms with E-state index in [-0.39, 0.29) is 0 Å². The van der Waals surface area contributed by atoms with Crippen LogP contribution in [0.15, 0.2) is 34.8 Å². The van der Waals surface area contributed by atoms with Gasteiger partial charge in [0.1, 0.15) is 5.76 Å². The van der Waals surface area contributed by atoms with Gasteiger partial charge in [-0.3, -0.25) is 0 Å². The number of methoxy groups -OCH3 is 1. The lowest BCUT2D eigenvalue weighted by molar-refractivity contribution is 0.410. The van der Waals surface area contributed by atoms with Crippen LogP contribution in [0.4, 0.5) is 0 Å². The minimum Gasteiger partial charge on any atom is -0.493 e. The Morgan fingerprint density at radius 3 is 3.00 bits per heavy atom. The summed E-state index contributed by atoms with van der Waals surface area (Å²) in [5.74, 6) is 1.65. The smallest absolute Gasteiger partial charge is 0.176 e. The molecule has 0 unspecified atom stereocenters. The van der Waals surface area contributed by atoms with Crippen LogP contribution in [0.3, 0.4) is 0 Å². The topological polar surface area (TPSA) is 22.4 Å². The van der Waals surface area contributed by atoms with E-state index >= 15 is 0 Å². The highest BCUT2D eigenvalue weighted by molar-refractivity contribution is 5.85. The maximum absolute atomic E-state index is 5.68. The van der Waals surface area contributed by atoms with Gasteiger partial charge in [-0.1, -0.05) is 25.1 Å². The molecule has 0 saturated heterocycles. The monoisotopic (exact) mass is 202 g/mol. The number of ether oxygens (including phenoxy) is 1. The Hall–Kier alpha value is -1.70. The molecular formula is C13H14O2. The summed E-state index contributed by atoms with van der Waals surface area (Å²) in [5, 5.41) is 1.07. The third-order valence-corrected chi connectivity index (χ3v) is 2.26. The van der Waals surface area contributed by atoms with Crippen LogP contribution in [-0.2, 0) is 0 Å². The molecule has 1 heterocycles. The Bertz CT molecular complexity index is 480. The summed E-state index contributed by atoms with van der Waals surface area (Å²) in [5.41, 5.74) is 0.816. The molecule has 0 radical (unpaired) electrons. The largest absolute Gasteiger partial charge is 0.493 e. The van der Waals surface area contributed by atoms with Crippen molar-refractivity contribution >= 4 is 17.0 Å². The van der Waals surface area contributed by atoms with Crippen LogP contribution < -0.4 is 4.74 Å². The van der Waals surface area contributed by atoms with Gasteiger partial charge < -0.3 is 9.15 Å². The van der Waals surface area contributed by atoms with E-state index in [1.165, 1.54) is 0 Å². The van der Waals surface area contributed by atoms with Crippen LogP contribution in [-0.4, -0.2) is 7.11 Å². The van der Waals surface area contributed by atoms with Gasteiger partial charge in [-0.05, 0) is 24.6 Å². The van der Waals surface area contributed by atoms with Crippen molar-refractivity contribution in [2.24, 2.45) is 0 Å². The van der Waals surface area contributed by atoms with Crippen molar-refractivity contribution < 1.29 is 9.15 Å². The number of furan rings is 1. The molecule has 0 spiro atoms. The molecule has 0 amide bonds. The molecule has 1 aromatic heterocycles. The number of rotatable bonds is 3. The van der Waals surface area contributed by atoms with Gasteiger partial charge >= 0.3 is 0 Å². The zero-order valence-corrected chi connectivity index (χ0v) is 8.99. The zero-order chi connectivity index (χ0) is 10.7. The number of para-hydroxylation sites is 1. The van der Waals surface area contributed by atoms with Crippen LogP contribution >= 0.6 is 0 Å². The standard InChI is InChI=1S/C13H14O2/c1-3-4-7-11-9-10-6-5-8-12(14-2)13(10)15-11/h4-9H,3H2,1-2H3. The Balaban J connectivity index is 2.50. The van der Waals surface area contributed by atoms with E-state index in [1.54, 1.807) is 7.11 Å². The molecule has 0 aliphatic heterocycles. The second kappa shape index (κ2) is 4.22. The van der Waals surface area contributed by atoms with Crippen LogP contribution in [0.2, 0.25) is 0 Å². The Morgan fingerprint density at radius 1 is 1.40 bits per heavy atom. The first kappa shape index (κ1) is 9.84. The number of fused-ring (bicyclic) bond motifs is 1. The summed E-state index contributed by atoms with van der Waals surface area (Å²) in [4.78, 5) is 0. The molecule has 0 saturated carbocycles. The molecule has 0 N–H and O–H groups in total. The average Bonchev–Trinajstić information content (AvgIpc) is 2.68. The lowest BCUT2D eigenvalue weighted by atomic mass is 10.2. The van der Waals surface area contributed by atoms with E-state index in [0.29, 0.717) is 0 Å². The summed E-state index contributed by atoms with van der Waals surface area (Å²) >= 11 is 0. The van der Waals surface area contributed by atoms with E-state index in [9.17, 15) is 0 Å². The molecule has 0 bridgehead atoms. The number of hydrogen-bond acceptors (Lipinski definition) is 2. The maximum atomic E-state index is 5.68. The van der Waals surface area contributed by atoms with E-state index < -0.39 is 0 Å². The SMILES string of the molecule is CCC=Cc1cc2cccc(OC)c2o1. The second-order valence-electron chi connectivity index (χ2n) is 3.34. The highest BCUT2D eigenvalue weighted by atomic mass is 16.5. The van der Waals surface area contributed by atoms with E-state index in [2.05, 4.69) is 13.0 Å². The first-order valence-electron chi connectivity index (χ1n) is 5.08. The van der Waals surface area contributed by atoms with Crippen molar-refractivity contribution in [2.45, 2.75) is 13.3 Å². The van der Waals surface area contributed by atoms with Gasteiger partial charge in [0.15, 0.2) is 11.3 Å². The number of benzene rings is 1. The summed E-state index contributed by atoms with van der Waals surface area (Å²) in [7, 11) is 1.65. The van der Waals surface area contributed by atoms with Crippen LogP contribution in [0.5, 0.6) is 5.75 Å². The van der Waals surface area contributed by atoms with Gasteiger partial charge in [0.25, 0.3) is 0 Å². The van der Waals surface area contributed by atoms with Gasteiger partial charge in [-0.15, -0.1) is 0 Å². The fourth-order valence-corrected chi connectivity index (χ4v) is 1.53. The first-order valence-corrected chi connectivity index (χ1v) is 5.08. The highest BCUT2D eigenvalue weighted by Crippen LogP contribution is 2.28. The maximum Gasteiger partial charge on any atom is 0.176 e. The van der Waals surface area contributed by atoms with E-state index in [4.69, 9.17) is 9.15 Å². The quantitative estimate of drug-likeness (QED) is 0.754. The third kappa shape index (κ3) is 1.89. The fraction of sp³-hybridized carbons (Fsp3) is 0.231. The van der Waals surface area contributed by atoms with Crippen molar-refractivity contribution in [2.75, 3.05) is 7.11 Å². The molecule has 0 aliphatic rings. The molecule has 0 fully saturated rings. The fourth-order valence-electron chi connectivity index (χ4n) is 1.53. The second-order valence-corrected chi connectivity index (χ2v) is 3.34. The molecule has 0 aliphatic carbocycles. The van der Waals surface area contributed by atoms with Crippen molar-refractivity contribution in [3.05, 3.63) is 36.1 Å². The lowest BCUT2D eigenvalue weighted by Gasteiger charge is -1.98. The molecule has 2 heteroatoms. The summed E-state index contributed by atoms with van der Waals surface area (Å²) < 4.78 is 10.9. The minimum absolute atomic E-state index is 0.781. The van der Waals surface area contributed by atoms with Gasteiger partial charge in [0.05, 0.1) is 7.11 Å². The Labute approximate surface area is 89.2 Å². The molecule has 2 rings (SSSR count). The van der Waals surface area contributed by atoms with Crippen molar-refractivity contribution in [3.63, 3.8) is 0 Å². The number of hydrogen-bond donors (Lipinski definition) is 0. The minimum atomic E-state index is 0.781. The van der Waals surface area contributed by atoms with Gasteiger partial charge in [-0.25, -0.2) is 0 Å². The molecular weight excluding hydrogens is 188 g/mol. The first-order chi connectivity index (χ1) is 7.35. The molecule has 0 atom stereocenters. The van der Waals surface area contributed by atoms with Gasteiger partial charge in [-0.2, -0.15) is 0 Å². The zero-order valence-electron chi connectivity index (χ0n) is 8.99. The highest BCUT2D eigenvalue weighted by Gasteiger charge is 2.05. The Morgan fingerprint density at radius 2 is 2.27 bits per heavy atom. The summed E-state index contributed by atoms with van der Waals surface area (Å²) in [6, 6.07) is 7.90. The summed E-state index contributed by atoms with van der Waals surface area (Å²) in [6.07, 6.45) is 5.07. The van der Waals surface area contributed by atoms with Crippen LogP contribution in [0, 0.1) is 0 Å². The van der Waals surface area contributed by atoms with Gasteiger partial charge in [0.2, 0.25) is 0 Å². The molecule has 1 aromatic carbocycles. The molecule has 15 heavy (non-hydrogen) atoms. The van der Waals surface area contributed by atoms with Gasteiger partial charge in [0, 0.05) is 5.39 Å². The van der Waals surface area contributed by atoms with E-state index in [1.807, 2.05) is 30.3 Å². The third-order valence-electron chi connectivity index (χ3n) is 2.26. The lowest BCUT2D eigenvalue weighted by Crippen LogP contribution is -1.81. The van der Waals surface area contributed by atoms with Crippen molar-refractivity contribution in [3.8, 4) is 5.75 Å². The van der Waals surface area contributed by atoms with Crippen molar-refractivity contribution in [1.29, 1.82) is 0 Å². The number of allylic oxidation sites excluding steroid dienone is 1. The van der Waals surface area contributed by atoms with Crippen molar-refractivity contribution in [1.82, 2.24) is 0 Å². The van der Waals surface area contributed by atoms with Crippen LogP contribution in [0.1, 0.15) is 19.1 Å².